The van der Waals surface area contributed by atoms with Gasteiger partial charge in [-0.1, -0.05) is 0 Å². The number of amides is 1. The second kappa shape index (κ2) is 7.27. The monoisotopic (exact) mass is 341 g/mol. The molecule has 0 spiro atoms. The van der Waals surface area contributed by atoms with Crippen LogP contribution in [0.4, 0.5) is 0 Å². The van der Waals surface area contributed by atoms with Crippen LogP contribution in [0.1, 0.15) is 28.8 Å². The van der Waals surface area contributed by atoms with Crippen molar-refractivity contribution in [3.63, 3.8) is 0 Å². The maximum Gasteiger partial charge on any atom is 0.253 e. The van der Waals surface area contributed by atoms with Gasteiger partial charge in [0, 0.05) is 37.7 Å². The standard InChI is InChI=1S/C19H23N3O3/c23-19(16-5-6-18-15(12-16)4-1-10-25-18)21-8-3-11-24-17(13-21)14-22-9-2-7-20-22/h2,5-7,9,12,17H,1,3-4,8,10-11,13-14H2. The molecule has 2 aromatic rings. The summed E-state index contributed by atoms with van der Waals surface area (Å²) in [6, 6.07) is 7.69. The van der Waals surface area contributed by atoms with Crippen molar-refractivity contribution in [1.29, 1.82) is 0 Å². The van der Waals surface area contributed by atoms with Crippen LogP contribution in [0.15, 0.2) is 36.7 Å². The Hall–Kier alpha value is -2.34. The third kappa shape index (κ3) is 3.69. The summed E-state index contributed by atoms with van der Waals surface area (Å²) in [7, 11) is 0. The zero-order chi connectivity index (χ0) is 17.1. The van der Waals surface area contributed by atoms with Crippen LogP contribution in [0.3, 0.4) is 0 Å². The van der Waals surface area contributed by atoms with E-state index in [1.807, 2.05) is 40.0 Å². The van der Waals surface area contributed by atoms with Crippen LogP contribution in [-0.4, -0.2) is 53.0 Å². The Morgan fingerprint density at radius 2 is 2.24 bits per heavy atom. The molecule has 6 heteroatoms. The molecule has 0 N–H and O–H groups in total. The predicted molar refractivity (Wildman–Crippen MR) is 92.7 cm³/mol. The minimum atomic E-state index is -0.0349. The highest BCUT2D eigenvalue weighted by atomic mass is 16.5. The summed E-state index contributed by atoms with van der Waals surface area (Å²) in [6.07, 6.45) is 6.48. The molecule has 2 aliphatic heterocycles. The maximum absolute atomic E-state index is 13.0. The van der Waals surface area contributed by atoms with Crippen molar-refractivity contribution in [3.05, 3.63) is 47.8 Å². The average molecular weight is 341 g/mol. The van der Waals surface area contributed by atoms with Gasteiger partial charge >= 0.3 is 0 Å². The van der Waals surface area contributed by atoms with Gasteiger partial charge in [-0.05, 0) is 49.1 Å². The van der Waals surface area contributed by atoms with Gasteiger partial charge in [-0.3, -0.25) is 9.48 Å². The number of rotatable bonds is 3. The zero-order valence-electron chi connectivity index (χ0n) is 14.3. The van der Waals surface area contributed by atoms with Crippen LogP contribution in [-0.2, 0) is 17.7 Å². The molecule has 1 amide bonds. The van der Waals surface area contributed by atoms with Crippen molar-refractivity contribution in [2.75, 3.05) is 26.3 Å². The van der Waals surface area contributed by atoms with Crippen molar-refractivity contribution in [2.24, 2.45) is 0 Å². The van der Waals surface area contributed by atoms with Crippen molar-refractivity contribution in [3.8, 4) is 5.75 Å². The van der Waals surface area contributed by atoms with E-state index < -0.39 is 0 Å². The predicted octanol–water partition coefficient (Wildman–Crippen LogP) is 2.14. The van der Waals surface area contributed by atoms with E-state index in [0.717, 1.165) is 49.3 Å². The molecule has 1 aromatic heterocycles. The minimum Gasteiger partial charge on any atom is -0.493 e. The van der Waals surface area contributed by atoms with E-state index in [0.29, 0.717) is 19.7 Å². The molecule has 4 rings (SSSR count). The summed E-state index contributed by atoms with van der Waals surface area (Å²) in [5, 5.41) is 4.24. The van der Waals surface area contributed by atoms with Crippen LogP contribution < -0.4 is 4.74 Å². The number of hydrogen-bond donors (Lipinski definition) is 0. The molecule has 1 saturated heterocycles. The summed E-state index contributed by atoms with van der Waals surface area (Å²) >= 11 is 0. The van der Waals surface area contributed by atoms with Crippen LogP contribution in [0.25, 0.3) is 0 Å². The number of ether oxygens (including phenoxy) is 2. The third-order valence-electron chi connectivity index (χ3n) is 4.74. The number of aromatic nitrogens is 2. The summed E-state index contributed by atoms with van der Waals surface area (Å²) < 4.78 is 13.4. The minimum absolute atomic E-state index is 0.0349. The van der Waals surface area contributed by atoms with E-state index in [2.05, 4.69) is 5.10 Å². The Kier molecular flexibility index (Phi) is 4.70. The van der Waals surface area contributed by atoms with Crippen molar-refractivity contribution in [2.45, 2.75) is 31.9 Å². The number of carbonyl (C=O) groups is 1. The van der Waals surface area contributed by atoms with Crippen LogP contribution in [0.2, 0.25) is 0 Å². The maximum atomic E-state index is 13.0. The SMILES string of the molecule is O=C(c1ccc2c(c1)CCCO2)N1CCCOC(Cn2cccn2)C1. The van der Waals surface area contributed by atoms with Crippen molar-refractivity contribution < 1.29 is 14.3 Å². The molecule has 1 aromatic carbocycles. The van der Waals surface area contributed by atoms with Crippen LogP contribution in [0, 0.1) is 0 Å². The van der Waals surface area contributed by atoms with Gasteiger partial charge in [-0.15, -0.1) is 0 Å². The molecular weight excluding hydrogens is 318 g/mol. The Morgan fingerprint density at radius 3 is 3.12 bits per heavy atom. The van der Waals surface area contributed by atoms with E-state index in [1.54, 1.807) is 6.20 Å². The highest BCUT2D eigenvalue weighted by Gasteiger charge is 2.25. The van der Waals surface area contributed by atoms with E-state index in [-0.39, 0.29) is 12.0 Å². The topological polar surface area (TPSA) is 56.6 Å². The third-order valence-corrected chi connectivity index (χ3v) is 4.74. The molecule has 25 heavy (non-hydrogen) atoms. The molecule has 0 radical (unpaired) electrons. The van der Waals surface area contributed by atoms with Crippen molar-refractivity contribution >= 4 is 5.91 Å². The molecule has 1 fully saturated rings. The van der Waals surface area contributed by atoms with E-state index in [4.69, 9.17) is 9.47 Å². The second-order valence-electron chi connectivity index (χ2n) is 6.60. The quantitative estimate of drug-likeness (QED) is 0.858. The highest BCUT2D eigenvalue weighted by Crippen LogP contribution is 2.26. The number of nitrogens with zero attached hydrogens (tertiary/aromatic N) is 3. The first-order valence-electron chi connectivity index (χ1n) is 8.93. The fraction of sp³-hybridized carbons (Fsp3) is 0.474. The Bertz CT molecular complexity index is 730. The highest BCUT2D eigenvalue weighted by molar-refractivity contribution is 5.94. The summed E-state index contributed by atoms with van der Waals surface area (Å²) in [5.74, 6) is 0.989. The first kappa shape index (κ1) is 16.1. The van der Waals surface area contributed by atoms with Gasteiger partial charge in [-0.25, -0.2) is 0 Å². The summed E-state index contributed by atoms with van der Waals surface area (Å²) in [6.45, 7) is 3.41. The normalized spacial score (nSPS) is 20.5. The van der Waals surface area contributed by atoms with E-state index >= 15 is 0 Å². The number of fused-ring (bicyclic) bond motifs is 1. The van der Waals surface area contributed by atoms with Gasteiger partial charge in [0.1, 0.15) is 5.75 Å². The number of aryl methyl sites for hydroxylation is 1. The fourth-order valence-electron chi connectivity index (χ4n) is 3.48. The lowest BCUT2D eigenvalue weighted by atomic mass is 10.0. The average Bonchev–Trinajstić information content (AvgIpc) is 3.05. The molecule has 6 nitrogen and oxygen atoms in total. The molecule has 0 aliphatic carbocycles. The smallest absolute Gasteiger partial charge is 0.253 e. The van der Waals surface area contributed by atoms with Gasteiger partial charge in [-0.2, -0.15) is 5.10 Å². The van der Waals surface area contributed by atoms with Crippen molar-refractivity contribution in [1.82, 2.24) is 14.7 Å². The fourth-order valence-corrected chi connectivity index (χ4v) is 3.48. The van der Waals surface area contributed by atoms with E-state index in [1.165, 1.54) is 0 Å². The lowest BCUT2D eigenvalue weighted by molar-refractivity contribution is 0.0367. The van der Waals surface area contributed by atoms with Gasteiger partial charge in [0.25, 0.3) is 5.91 Å². The van der Waals surface area contributed by atoms with Gasteiger partial charge < -0.3 is 14.4 Å². The Morgan fingerprint density at radius 1 is 1.28 bits per heavy atom. The number of carbonyl (C=O) groups excluding carboxylic acids is 1. The second-order valence-corrected chi connectivity index (χ2v) is 6.60. The molecular formula is C19H23N3O3. The van der Waals surface area contributed by atoms with Gasteiger partial charge in [0.2, 0.25) is 0 Å². The lowest BCUT2D eigenvalue weighted by Gasteiger charge is -2.25. The van der Waals surface area contributed by atoms with Crippen LogP contribution in [0.5, 0.6) is 5.75 Å². The summed E-state index contributed by atoms with van der Waals surface area (Å²) in [5.41, 5.74) is 1.88. The number of hydrogen-bond acceptors (Lipinski definition) is 4. The molecule has 2 aliphatic rings. The first-order chi connectivity index (χ1) is 12.3. The summed E-state index contributed by atoms with van der Waals surface area (Å²) in [4.78, 5) is 14.9. The first-order valence-corrected chi connectivity index (χ1v) is 8.93. The molecule has 0 bridgehead atoms. The van der Waals surface area contributed by atoms with E-state index in [9.17, 15) is 4.79 Å². The largest absolute Gasteiger partial charge is 0.493 e. The Labute approximate surface area is 147 Å². The zero-order valence-corrected chi connectivity index (χ0v) is 14.3. The van der Waals surface area contributed by atoms with Crippen LogP contribution >= 0.6 is 0 Å². The molecule has 132 valence electrons. The molecule has 0 saturated carbocycles. The lowest BCUT2D eigenvalue weighted by Crippen LogP contribution is -2.38. The van der Waals surface area contributed by atoms with Gasteiger partial charge in [0.05, 0.1) is 19.3 Å². The molecule has 1 unspecified atom stereocenters. The molecule has 3 heterocycles. The number of benzene rings is 1. The molecule has 1 atom stereocenters. The Balaban J connectivity index is 1.48. The van der Waals surface area contributed by atoms with Gasteiger partial charge in [0.15, 0.2) is 0 Å².